The number of fused-ring (bicyclic) bond motifs is 2. The fourth-order valence-electron chi connectivity index (χ4n) is 9.74. The minimum absolute atomic E-state index is 0.114. The van der Waals surface area contributed by atoms with Crippen LogP contribution < -0.4 is 9.47 Å². The molecule has 60 heavy (non-hydrogen) atoms. The van der Waals surface area contributed by atoms with E-state index in [1.54, 1.807) is 25.1 Å². The van der Waals surface area contributed by atoms with Crippen LogP contribution in [-0.2, 0) is 20.9 Å². The average Bonchev–Trinajstić information content (AvgIpc) is 3.25. The van der Waals surface area contributed by atoms with Crippen LogP contribution in [0.25, 0.3) is 0 Å². The largest absolute Gasteiger partial charge is 0.487 e. The number of amides is 1. The lowest BCUT2D eigenvalue weighted by Gasteiger charge is -2.59. The van der Waals surface area contributed by atoms with Crippen LogP contribution in [0.2, 0.25) is 0 Å². The molecule has 332 valence electrons. The summed E-state index contributed by atoms with van der Waals surface area (Å²) >= 11 is 0. The molecule has 11 heteroatoms. The summed E-state index contributed by atoms with van der Waals surface area (Å²) in [5, 5.41) is 24.3. The number of hydrogen-bond donors (Lipinski definition) is 2. The van der Waals surface area contributed by atoms with Crippen LogP contribution in [0.15, 0.2) is 65.9 Å². The number of aromatic nitrogens is 1. The van der Waals surface area contributed by atoms with Crippen LogP contribution in [0.1, 0.15) is 139 Å². The van der Waals surface area contributed by atoms with Gasteiger partial charge in [-0.1, -0.05) is 101 Å². The first-order chi connectivity index (χ1) is 29.3. The molecule has 0 radical (unpaired) electrons. The Labute approximate surface area is 359 Å². The lowest BCUT2D eigenvalue weighted by Crippen LogP contribution is -2.69. The Bertz CT molecular complexity index is 1700. The molecule has 5 rings (SSSR count). The predicted octanol–water partition coefficient (Wildman–Crippen LogP) is 10.2. The molecule has 1 saturated carbocycles. The van der Waals surface area contributed by atoms with Crippen LogP contribution in [0.4, 0.5) is 4.79 Å². The fourth-order valence-corrected chi connectivity index (χ4v) is 9.74. The molecule has 6 atom stereocenters. The number of oxime groups is 1. The van der Waals surface area contributed by atoms with Gasteiger partial charge in [0.25, 0.3) is 0 Å². The summed E-state index contributed by atoms with van der Waals surface area (Å²) in [6.07, 6.45) is 20.8. The number of pyridine rings is 1. The van der Waals surface area contributed by atoms with Gasteiger partial charge in [-0.25, -0.2) is 4.79 Å². The third-order valence-corrected chi connectivity index (χ3v) is 12.7. The summed E-state index contributed by atoms with van der Waals surface area (Å²) < 4.78 is 26.6. The summed E-state index contributed by atoms with van der Waals surface area (Å²) in [7, 11) is 3.33. The summed E-state index contributed by atoms with van der Waals surface area (Å²) in [4.78, 5) is 25.9. The Morgan fingerprint density at radius 2 is 1.70 bits per heavy atom. The highest BCUT2D eigenvalue weighted by Gasteiger charge is 2.65. The molecule has 2 aromatic rings. The molecular formula is C49H73N3O8. The number of unbranched alkanes of at least 4 members (excludes halogenated alkanes) is 11. The molecule has 1 aliphatic heterocycles. The fraction of sp³-hybridized carbons (Fsp3) is 0.653. The van der Waals surface area contributed by atoms with E-state index in [0.717, 1.165) is 73.2 Å². The van der Waals surface area contributed by atoms with Crippen molar-refractivity contribution in [3.63, 3.8) is 0 Å². The molecule has 1 aromatic carbocycles. The standard InChI is InChI=1S/C49H73N3O8/c1-6-8-9-10-11-12-13-14-15-20-31-57-48(55)52(4)45-34-43(51-56-5)41-32-37(23-16-18-28-53)40(25-17-19-29-54)46-42-33-39(58-35-38-24-21-22-36(3)50-38)26-27-44(42)60-49(45,47(41)46)59-30-7-2/h7,21-22,24,26-27,32-33,37,40,45-47,53-54H,2,6,8-20,23,25,28-31,34-35H2,1,3-5H3/t37-,40+,45-,46+,47+,49+/m0/s1. The number of hydrogen-bond acceptors (Lipinski definition) is 10. The van der Waals surface area contributed by atoms with E-state index < -0.39 is 23.8 Å². The third-order valence-electron chi connectivity index (χ3n) is 12.7. The maximum Gasteiger partial charge on any atom is 0.409 e. The van der Waals surface area contributed by atoms with Crippen LogP contribution in [0, 0.1) is 24.7 Å². The van der Waals surface area contributed by atoms with Gasteiger partial charge in [-0.05, 0) is 86.8 Å². The van der Waals surface area contributed by atoms with Crippen molar-refractivity contribution in [3.05, 3.63) is 77.7 Å². The van der Waals surface area contributed by atoms with Gasteiger partial charge in [0.2, 0.25) is 5.79 Å². The highest BCUT2D eigenvalue weighted by molar-refractivity contribution is 6.02. The minimum atomic E-state index is -1.32. The average molecular weight is 832 g/mol. The normalized spacial score (nSPS) is 23.5. The second kappa shape index (κ2) is 24.5. The molecule has 0 unspecified atom stereocenters. The molecule has 2 N–H and O–H groups in total. The number of aryl methyl sites for hydroxylation is 1. The molecule has 2 aliphatic carbocycles. The van der Waals surface area contributed by atoms with Gasteiger partial charge in [0.05, 0.1) is 30.5 Å². The van der Waals surface area contributed by atoms with Gasteiger partial charge in [0.15, 0.2) is 0 Å². The maximum absolute atomic E-state index is 14.1. The monoisotopic (exact) mass is 832 g/mol. The number of benzene rings is 1. The first kappa shape index (κ1) is 47.1. The number of ether oxygens (including phenoxy) is 4. The molecule has 0 spiro atoms. The number of rotatable bonds is 27. The van der Waals surface area contributed by atoms with Crippen LogP contribution >= 0.6 is 0 Å². The minimum Gasteiger partial charge on any atom is -0.487 e. The Balaban J connectivity index is 1.49. The number of nitrogens with zero attached hydrogens (tertiary/aromatic N) is 3. The number of likely N-dealkylation sites (N-methyl/N-ethyl adjacent to an activating group) is 1. The Kier molecular flexibility index (Phi) is 19.2. The molecular weight excluding hydrogens is 759 g/mol. The van der Waals surface area contributed by atoms with E-state index in [-0.39, 0.29) is 37.6 Å². The number of aliphatic hydroxyl groups is 2. The van der Waals surface area contributed by atoms with Gasteiger partial charge in [-0.3, -0.25) is 4.98 Å². The van der Waals surface area contributed by atoms with Gasteiger partial charge >= 0.3 is 6.09 Å². The van der Waals surface area contributed by atoms with Crippen LogP contribution in [0.5, 0.6) is 11.5 Å². The molecule has 3 aliphatic rings. The SMILES string of the molecule is C=CCO[C@@]12Oc3ccc(OCc4cccc(C)n4)cc3[C@H]3[C@H](CCCCO)[C@@H](CCCCO)C=C(C(=NOC)C[C@@H]1N(C)C(=O)OCCCCCCCCCCCC)[C@H]32. The van der Waals surface area contributed by atoms with Crippen LogP contribution in [0.3, 0.4) is 0 Å². The van der Waals surface area contributed by atoms with Crippen molar-refractivity contribution < 1.29 is 38.8 Å². The molecule has 11 nitrogen and oxygen atoms in total. The van der Waals surface area contributed by atoms with E-state index in [1.807, 2.05) is 37.3 Å². The quantitative estimate of drug-likeness (QED) is 0.0513. The highest BCUT2D eigenvalue weighted by atomic mass is 16.7. The van der Waals surface area contributed by atoms with Gasteiger partial charge in [0, 0.05) is 43.9 Å². The lowest BCUT2D eigenvalue weighted by molar-refractivity contribution is -0.253. The lowest BCUT2D eigenvalue weighted by atomic mass is 9.55. The van der Waals surface area contributed by atoms with Crippen molar-refractivity contribution in [2.24, 2.45) is 22.9 Å². The van der Waals surface area contributed by atoms with Gasteiger partial charge in [-0.2, -0.15) is 0 Å². The Morgan fingerprint density at radius 1 is 0.983 bits per heavy atom. The van der Waals surface area contributed by atoms with Crippen molar-refractivity contribution in [1.29, 1.82) is 0 Å². The number of aliphatic hydroxyl groups excluding tert-OH is 2. The van der Waals surface area contributed by atoms with Gasteiger partial charge in [0.1, 0.15) is 31.3 Å². The molecule has 1 fully saturated rings. The zero-order chi connectivity index (χ0) is 42.7. The smallest absolute Gasteiger partial charge is 0.409 e. The zero-order valence-corrected chi connectivity index (χ0v) is 37.0. The second-order valence-corrected chi connectivity index (χ2v) is 16.9. The predicted molar refractivity (Wildman–Crippen MR) is 236 cm³/mol. The topological polar surface area (TPSA) is 132 Å². The number of carbonyl (C=O) groups excluding carboxylic acids is 1. The summed E-state index contributed by atoms with van der Waals surface area (Å²) in [6, 6.07) is 11.3. The van der Waals surface area contributed by atoms with Gasteiger partial charge in [-0.15, -0.1) is 6.58 Å². The molecule has 2 heterocycles. The van der Waals surface area contributed by atoms with Crippen molar-refractivity contribution in [2.45, 2.75) is 147 Å². The Morgan fingerprint density at radius 3 is 2.38 bits per heavy atom. The molecule has 1 aromatic heterocycles. The van der Waals surface area contributed by atoms with Crippen molar-refractivity contribution >= 4 is 11.8 Å². The maximum atomic E-state index is 14.1. The van der Waals surface area contributed by atoms with Gasteiger partial charge < -0.3 is 38.9 Å². The zero-order valence-electron chi connectivity index (χ0n) is 37.0. The first-order valence-corrected chi connectivity index (χ1v) is 22.9. The van der Waals surface area contributed by atoms with Crippen LogP contribution in [-0.4, -0.2) is 84.3 Å². The summed E-state index contributed by atoms with van der Waals surface area (Å²) in [6.45, 7) is 9.33. The highest BCUT2D eigenvalue weighted by Crippen LogP contribution is 2.61. The van der Waals surface area contributed by atoms with Crippen molar-refractivity contribution in [3.8, 4) is 11.5 Å². The van der Waals surface area contributed by atoms with Crippen molar-refractivity contribution in [1.82, 2.24) is 9.88 Å². The number of allylic oxidation sites excluding steroid dienone is 1. The van der Waals surface area contributed by atoms with E-state index in [4.69, 9.17) is 23.8 Å². The van der Waals surface area contributed by atoms with E-state index in [0.29, 0.717) is 44.0 Å². The number of carbonyl (C=O) groups is 1. The van der Waals surface area contributed by atoms with Crippen molar-refractivity contribution in [2.75, 3.05) is 40.6 Å². The Hall–Kier alpha value is -3.93. The van der Waals surface area contributed by atoms with E-state index in [9.17, 15) is 15.0 Å². The second-order valence-electron chi connectivity index (χ2n) is 16.9. The molecule has 0 bridgehead atoms. The molecule has 0 saturated heterocycles. The third kappa shape index (κ3) is 12.1. The summed E-state index contributed by atoms with van der Waals surface area (Å²) in [5.41, 5.74) is 4.51. The van der Waals surface area contributed by atoms with E-state index in [1.165, 1.54) is 44.9 Å². The first-order valence-electron chi connectivity index (χ1n) is 22.9. The van der Waals surface area contributed by atoms with E-state index >= 15 is 0 Å². The molecule has 1 amide bonds. The van der Waals surface area contributed by atoms with E-state index in [2.05, 4.69) is 35.8 Å². The summed E-state index contributed by atoms with van der Waals surface area (Å²) in [5.74, 6) is -0.230.